The van der Waals surface area contributed by atoms with Crippen LogP contribution in [0, 0.1) is 5.92 Å². The van der Waals surface area contributed by atoms with Crippen molar-refractivity contribution in [3.63, 3.8) is 0 Å². The first-order valence-corrected chi connectivity index (χ1v) is 6.94. The molecule has 18 heavy (non-hydrogen) atoms. The Bertz CT molecular complexity index is 282. The van der Waals surface area contributed by atoms with Gasteiger partial charge in [-0.15, -0.1) is 0 Å². The SMILES string of the molecule is CN1CCC(CCNC(=O)C2(N)CCOC2)CC1. The maximum atomic E-state index is 11.9. The summed E-state index contributed by atoms with van der Waals surface area (Å²) in [6, 6.07) is 0. The standard InChI is InChI=1S/C13H25N3O2/c1-16-7-3-11(4-8-16)2-6-15-12(17)13(14)5-9-18-10-13/h11H,2-10,14H2,1H3,(H,15,17). The Kier molecular flexibility index (Phi) is 4.59. The molecule has 0 radical (unpaired) electrons. The molecule has 2 rings (SSSR count). The highest BCUT2D eigenvalue weighted by Crippen LogP contribution is 2.19. The van der Waals surface area contributed by atoms with Crippen LogP contribution in [0.5, 0.6) is 0 Å². The molecule has 1 amide bonds. The first kappa shape index (κ1) is 13.8. The zero-order chi connectivity index (χ0) is 13.0. The van der Waals surface area contributed by atoms with E-state index in [9.17, 15) is 4.79 Å². The Morgan fingerprint density at radius 2 is 2.22 bits per heavy atom. The van der Waals surface area contributed by atoms with E-state index in [1.807, 2.05) is 0 Å². The molecule has 1 atom stereocenters. The van der Waals surface area contributed by atoms with E-state index < -0.39 is 5.54 Å². The summed E-state index contributed by atoms with van der Waals surface area (Å²) in [6.45, 7) is 4.04. The molecule has 0 aliphatic carbocycles. The molecule has 0 saturated carbocycles. The second-order valence-electron chi connectivity index (χ2n) is 5.75. The summed E-state index contributed by atoms with van der Waals surface area (Å²) >= 11 is 0. The molecule has 5 heteroatoms. The van der Waals surface area contributed by atoms with Crippen molar-refractivity contribution in [2.75, 3.05) is 39.9 Å². The summed E-state index contributed by atoms with van der Waals surface area (Å²) in [5, 5.41) is 2.97. The predicted molar refractivity (Wildman–Crippen MR) is 70.2 cm³/mol. The minimum absolute atomic E-state index is 0.0482. The smallest absolute Gasteiger partial charge is 0.242 e. The van der Waals surface area contributed by atoms with Gasteiger partial charge in [0.2, 0.25) is 5.91 Å². The van der Waals surface area contributed by atoms with E-state index in [2.05, 4.69) is 17.3 Å². The Hall–Kier alpha value is -0.650. The van der Waals surface area contributed by atoms with Gasteiger partial charge >= 0.3 is 0 Å². The molecule has 2 fully saturated rings. The van der Waals surface area contributed by atoms with Crippen molar-refractivity contribution in [1.29, 1.82) is 0 Å². The lowest BCUT2D eigenvalue weighted by Crippen LogP contribution is -2.54. The molecule has 0 aromatic heterocycles. The molecule has 0 bridgehead atoms. The van der Waals surface area contributed by atoms with Crippen molar-refractivity contribution in [2.24, 2.45) is 11.7 Å². The third kappa shape index (κ3) is 3.43. The summed E-state index contributed by atoms with van der Waals surface area (Å²) in [7, 11) is 2.16. The van der Waals surface area contributed by atoms with Gasteiger partial charge in [-0.25, -0.2) is 0 Å². The normalized spacial score (nSPS) is 30.6. The van der Waals surface area contributed by atoms with Gasteiger partial charge in [0.15, 0.2) is 0 Å². The third-order valence-corrected chi connectivity index (χ3v) is 4.18. The van der Waals surface area contributed by atoms with E-state index in [1.165, 1.54) is 25.9 Å². The number of piperidine rings is 1. The fraction of sp³-hybridized carbons (Fsp3) is 0.923. The topological polar surface area (TPSA) is 67.6 Å². The number of carbonyl (C=O) groups is 1. The first-order chi connectivity index (χ1) is 8.60. The third-order valence-electron chi connectivity index (χ3n) is 4.18. The molecular weight excluding hydrogens is 230 g/mol. The number of carbonyl (C=O) groups excluding carboxylic acids is 1. The predicted octanol–water partition coefficient (Wildman–Crippen LogP) is -0.0477. The van der Waals surface area contributed by atoms with Crippen LogP contribution in [0.2, 0.25) is 0 Å². The number of likely N-dealkylation sites (tertiary alicyclic amines) is 1. The molecule has 2 heterocycles. The van der Waals surface area contributed by atoms with Crippen LogP contribution in [0.15, 0.2) is 0 Å². The minimum atomic E-state index is -0.785. The molecule has 1 unspecified atom stereocenters. The monoisotopic (exact) mass is 255 g/mol. The zero-order valence-corrected chi connectivity index (χ0v) is 11.3. The van der Waals surface area contributed by atoms with Crippen LogP contribution in [0.3, 0.4) is 0 Å². The lowest BCUT2D eigenvalue weighted by atomic mass is 9.93. The molecule has 104 valence electrons. The van der Waals surface area contributed by atoms with E-state index in [0.717, 1.165) is 18.9 Å². The van der Waals surface area contributed by atoms with Crippen molar-refractivity contribution in [2.45, 2.75) is 31.2 Å². The molecule has 5 nitrogen and oxygen atoms in total. The number of nitrogens with one attached hydrogen (secondary N) is 1. The lowest BCUT2D eigenvalue weighted by Gasteiger charge is -2.29. The van der Waals surface area contributed by atoms with Gasteiger partial charge in [-0.3, -0.25) is 4.79 Å². The number of ether oxygens (including phenoxy) is 1. The van der Waals surface area contributed by atoms with Crippen LogP contribution in [0.1, 0.15) is 25.7 Å². The summed E-state index contributed by atoms with van der Waals surface area (Å²) < 4.78 is 5.20. The first-order valence-electron chi connectivity index (χ1n) is 6.94. The lowest BCUT2D eigenvalue weighted by molar-refractivity contribution is -0.126. The number of hydrogen-bond acceptors (Lipinski definition) is 4. The van der Waals surface area contributed by atoms with Gasteiger partial charge in [0.25, 0.3) is 0 Å². The summed E-state index contributed by atoms with van der Waals surface area (Å²) in [4.78, 5) is 14.3. The van der Waals surface area contributed by atoms with Crippen LogP contribution in [-0.2, 0) is 9.53 Å². The molecule has 0 aromatic rings. The maximum Gasteiger partial charge on any atom is 0.242 e. The second-order valence-corrected chi connectivity index (χ2v) is 5.75. The van der Waals surface area contributed by atoms with E-state index in [-0.39, 0.29) is 5.91 Å². The quantitative estimate of drug-likeness (QED) is 0.739. The van der Waals surface area contributed by atoms with Gasteiger partial charge in [0.05, 0.1) is 6.61 Å². The van der Waals surface area contributed by atoms with E-state index >= 15 is 0 Å². The fourth-order valence-electron chi connectivity index (χ4n) is 2.68. The van der Waals surface area contributed by atoms with Crippen molar-refractivity contribution < 1.29 is 9.53 Å². The van der Waals surface area contributed by atoms with Gasteiger partial charge in [-0.1, -0.05) is 0 Å². The number of hydrogen-bond donors (Lipinski definition) is 2. The number of rotatable bonds is 4. The molecular formula is C13H25N3O2. The molecule has 3 N–H and O–H groups in total. The average Bonchev–Trinajstić information content (AvgIpc) is 2.80. The van der Waals surface area contributed by atoms with Crippen molar-refractivity contribution in [1.82, 2.24) is 10.2 Å². The van der Waals surface area contributed by atoms with Crippen LogP contribution < -0.4 is 11.1 Å². The molecule has 2 aliphatic rings. The van der Waals surface area contributed by atoms with Crippen molar-refractivity contribution >= 4 is 5.91 Å². The van der Waals surface area contributed by atoms with E-state index in [1.54, 1.807) is 0 Å². The molecule has 2 saturated heterocycles. The van der Waals surface area contributed by atoms with Crippen LogP contribution in [0.25, 0.3) is 0 Å². The second kappa shape index (κ2) is 5.99. The summed E-state index contributed by atoms with van der Waals surface area (Å²) in [6.07, 6.45) is 4.18. The van der Waals surface area contributed by atoms with E-state index in [0.29, 0.717) is 19.6 Å². The van der Waals surface area contributed by atoms with Crippen molar-refractivity contribution in [3.8, 4) is 0 Å². The number of nitrogens with zero attached hydrogens (tertiary/aromatic N) is 1. The maximum absolute atomic E-state index is 11.9. The van der Waals surface area contributed by atoms with Gasteiger partial charge in [0, 0.05) is 13.2 Å². The number of amides is 1. The zero-order valence-electron chi connectivity index (χ0n) is 11.3. The van der Waals surface area contributed by atoms with Crippen LogP contribution in [0.4, 0.5) is 0 Å². The Morgan fingerprint density at radius 1 is 1.50 bits per heavy atom. The van der Waals surface area contributed by atoms with Crippen molar-refractivity contribution in [3.05, 3.63) is 0 Å². The average molecular weight is 255 g/mol. The fourth-order valence-corrected chi connectivity index (χ4v) is 2.68. The highest BCUT2D eigenvalue weighted by Gasteiger charge is 2.37. The van der Waals surface area contributed by atoms with Crippen LogP contribution >= 0.6 is 0 Å². The van der Waals surface area contributed by atoms with E-state index in [4.69, 9.17) is 10.5 Å². The minimum Gasteiger partial charge on any atom is -0.379 e. The Morgan fingerprint density at radius 3 is 2.83 bits per heavy atom. The van der Waals surface area contributed by atoms with Gasteiger partial charge in [0.1, 0.15) is 5.54 Å². The summed E-state index contributed by atoms with van der Waals surface area (Å²) in [5.74, 6) is 0.697. The van der Waals surface area contributed by atoms with Gasteiger partial charge in [-0.05, 0) is 51.7 Å². The highest BCUT2D eigenvalue weighted by atomic mass is 16.5. The Labute approximate surface area is 109 Å². The van der Waals surface area contributed by atoms with Crippen LogP contribution in [-0.4, -0.2) is 56.2 Å². The van der Waals surface area contributed by atoms with Gasteiger partial charge < -0.3 is 20.7 Å². The molecule has 0 spiro atoms. The summed E-state index contributed by atoms with van der Waals surface area (Å²) in [5.41, 5.74) is 5.21. The largest absolute Gasteiger partial charge is 0.379 e. The highest BCUT2D eigenvalue weighted by molar-refractivity contribution is 5.86. The molecule has 2 aliphatic heterocycles. The van der Waals surface area contributed by atoms with Gasteiger partial charge in [-0.2, -0.15) is 0 Å². The Balaban J connectivity index is 1.64. The molecule has 0 aromatic carbocycles. The number of nitrogens with two attached hydrogens (primary N) is 1.